The molecule has 0 saturated heterocycles. The van der Waals surface area contributed by atoms with Gasteiger partial charge < -0.3 is 15.5 Å². The summed E-state index contributed by atoms with van der Waals surface area (Å²) in [6, 6.07) is 0.759. The van der Waals surface area contributed by atoms with E-state index in [2.05, 4.69) is 22.4 Å². The van der Waals surface area contributed by atoms with Gasteiger partial charge >= 0.3 is 6.01 Å². The second kappa shape index (κ2) is 5.73. The lowest BCUT2D eigenvalue weighted by molar-refractivity contribution is 0.468. The van der Waals surface area contributed by atoms with Crippen molar-refractivity contribution in [2.75, 3.05) is 11.1 Å². The first kappa shape index (κ1) is 12.7. The third-order valence-electron chi connectivity index (χ3n) is 2.94. The van der Waals surface area contributed by atoms with Gasteiger partial charge in [0.15, 0.2) is 0 Å². The first-order valence-corrected chi connectivity index (χ1v) is 7.21. The molecule has 1 heterocycles. The third kappa shape index (κ3) is 3.35. The minimum atomic E-state index is -0.204. The van der Waals surface area contributed by atoms with Crippen LogP contribution in [0.1, 0.15) is 45.0 Å². The van der Waals surface area contributed by atoms with E-state index in [1.54, 1.807) is 0 Å². The average molecular weight is 256 g/mol. The van der Waals surface area contributed by atoms with E-state index >= 15 is 0 Å². The smallest absolute Gasteiger partial charge is 0.315 e. The van der Waals surface area contributed by atoms with Crippen molar-refractivity contribution in [3.63, 3.8) is 0 Å². The topological polar surface area (TPSA) is 77.0 Å². The Balaban J connectivity index is 1.85. The van der Waals surface area contributed by atoms with Crippen molar-refractivity contribution < 1.29 is 4.42 Å². The number of hydrogen-bond acceptors (Lipinski definition) is 6. The normalized spacial score (nSPS) is 26.1. The standard InChI is InChI=1S/C11H20N4OS/c1-3-17-9-5-4-8(6-9)13-11-15-14-10(16-11)7(2)12/h7-9H,3-6,12H2,1-2H3,(H,13,15). The zero-order chi connectivity index (χ0) is 12.3. The fourth-order valence-corrected chi connectivity index (χ4v) is 3.25. The minimum absolute atomic E-state index is 0.204. The van der Waals surface area contributed by atoms with E-state index in [0.717, 1.165) is 5.25 Å². The molecule has 5 nitrogen and oxygen atoms in total. The quantitative estimate of drug-likeness (QED) is 0.841. The molecule has 0 amide bonds. The van der Waals surface area contributed by atoms with Gasteiger partial charge in [-0.1, -0.05) is 12.0 Å². The van der Waals surface area contributed by atoms with E-state index in [9.17, 15) is 0 Å². The van der Waals surface area contributed by atoms with Crippen molar-refractivity contribution in [2.24, 2.45) is 5.73 Å². The van der Waals surface area contributed by atoms with Gasteiger partial charge in [-0.3, -0.25) is 0 Å². The molecule has 6 heteroatoms. The van der Waals surface area contributed by atoms with Crippen LogP contribution in [0, 0.1) is 0 Å². The number of anilines is 1. The third-order valence-corrected chi connectivity index (χ3v) is 4.18. The fraction of sp³-hybridized carbons (Fsp3) is 0.818. The van der Waals surface area contributed by atoms with E-state index in [1.165, 1.54) is 25.0 Å². The van der Waals surface area contributed by atoms with Gasteiger partial charge in [0.2, 0.25) is 5.89 Å². The maximum Gasteiger partial charge on any atom is 0.315 e. The summed E-state index contributed by atoms with van der Waals surface area (Å²) in [6.07, 6.45) is 3.62. The van der Waals surface area contributed by atoms with Crippen LogP contribution in [-0.2, 0) is 0 Å². The first-order chi connectivity index (χ1) is 8.19. The summed E-state index contributed by atoms with van der Waals surface area (Å²) in [7, 11) is 0. The lowest BCUT2D eigenvalue weighted by Crippen LogP contribution is -2.16. The maximum atomic E-state index is 5.67. The highest BCUT2D eigenvalue weighted by Gasteiger charge is 2.25. The highest BCUT2D eigenvalue weighted by Crippen LogP contribution is 2.31. The van der Waals surface area contributed by atoms with Crippen LogP contribution in [0.2, 0.25) is 0 Å². The minimum Gasteiger partial charge on any atom is -0.406 e. The number of nitrogens with two attached hydrogens (primary N) is 1. The van der Waals surface area contributed by atoms with Crippen molar-refractivity contribution >= 4 is 17.8 Å². The summed E-state index contributed by atoms with van der Waals surface area (Å²) in [6.45, 7) is 4.04. The van der Waals surface area contributed by atoms with Crippen molar-refractivity contribution in [1.82, 2.24) is 10.2 Å². The molecule has 1 aliphatic carbocycles. The van der Waals surface area contributed by atoms with Gasteiger partial charge in [0.1, 0.15) is 0 Å². The Labute approximate surface area is 106 Å². The van der Waals surface area contributed by atoms with Crippen LogP contribution in [0.25, 0.3) is 0 Å². The van der Waals surface area contributed by atoms with Gasteiger partial charge in [-0.05, 0) is 31.9 Å². The van der Waals surface area contributed by atoms with E-state index in [1.807, 2.05) is 18.7 Å². The lowest BCUT2D eigenvalue weighted by atomic mass is 10.3. The second-order valence-corrected chi connectivity index (χ2v) is 6.04. The summed E-state index contributed by atoms with van der Waals surface area (Å²) in [4.78, 5) is 0. The van der Waals surface area contributed by atoms with Crippen LogP contribution < -0.4 is 11.1 Å². The summed E-state index contributed by atoms with van der Waals surface area (Å²) in [5.41, 5.74) is 5.67. The number of nitrogens with zero attached hydrogens (tertiary/aromatic N) is 2. The molecule has 0 bridgehead atoms. The van der Waals surface area contributed by atoms with Gasteiger partial charge in [0.05, 0.1) is 6.04 Å². The zero-order valence-electron chi connectivity index (χ0n) is 10.3. The molecule has 96 valence electrons. The molecule has 3 N–H and O–H groups in total. The van der Waals surface area contributed by atoms with Gasteiger partial charge in [0, 0.05) is 11.3 Å². The van der Waals surface area contributed by atoms with E-state index in [4.69, 9.17) is 10.2 Å². The van der Waals surface area contributed by atoms with Crippen LogP contribution in [0.15, 0.2) is 4.42 Å². The predicted molar refractivity (Wildman–Crippen MR) is 70.1 cm³/mol. The molecule has 1 aliphatic rings. The summed E-state index contributed by atoms with van der Waals surface area (Å²) < 4.78 is 5.44. The fourth-order valence-electron chi connectivity index (χ4n) is 2.11. The Morgan fingerprint density at radius 3 is 3.00 bits per heavy atom. The largest absolute Gasteiger partial charge is 0.406 e. The van der Waals surface area contributed by atoms with Crippen LogP contribution in [0.4, 0.5) is 6.01 Å². The van der Waals surface area contributed by atoms with Gasteiger partial charge in [-0.25, -0.2) is 0 Å². The predicted octanol–water partition coefficient (Wildman–Crippen LogP) is 2.18. The Bertz CT molecular complexity index is 355. The van der Waals surface area contributed by atoms with E-state index in [-0.39, 0.29) is 6.04 Å². The van der Waals surface area contributed by atoms with Crippen LogP contribution >= 0.6 is 11.8 Å². The highest BCUT2D eigenvalue weighted by atomic mass is 32.2. The number of aromatic nitrogens is 2. The molecule has 3 unspecified atom stereocenters. The molecule has 1 aromatic heterocycles. The van der Waals surface area contributed by atoms with Gasteiger partial charge in [-0.2, -0.15) is 11.8 Å². The lowest BCUT2D eigenvalue weighted by Gasteiger charge is -2.10. The highest BCUT2D eigenvalue weighted by molar-refractivity contribution is 7.99. The number of rotatable bonds is 5. The molecular weight excluding hydrogens is 236 g/mol. The van der Waals surface area contributed by atoms with Crippen molar-refractivity contribution in [2.45, 2.75) is 50.4 Å². The Hall–Kier alpha value is -0.750. The molecule has 3 atom stereocenters. The second-order valence-electron chi connectivity index (χ2n) is 4.47. The summed E-state index contributed by atoms with van der Waals surface area (Å²) in [5.74, 6) is 1.68. The average Bonchev–Trinajstić information content (AvgIpc) is 2.89. The van der Waals surface area contributed by atoms with Gasteiger partial charge in [0.25, 0.3) is 0 Å². The zero-order valence-corrected chi connectivity index (χ0v) is 11.2. The van der Waals surface area contributed by atoms with Crippen LogP contribution in [-0.4, -0.2) is 27.2 Å². The van der Waals surface area contributed by atoms with Gasteiger partial charge in [-0.15, -0.1) is 5.10 Å². The first-order valence-electron chi connectivity index (χ1n) is 6.16. The Morgan fingerprint density at radius 2 is 2.35 bits per heavy atom. The molecule has 0 aliphatic heterocycles. The van der Waals surface area contributed by atoms with E-state index < -0.39 is 0 Å². The molecule has 1 fully saturated rings. The molecule has 2 rings (SSSR count). The maximum absolute atomic E-state index is 5.67. The Kier molecular flexibility index (Phi) is 4.28. The Morgan fingerprint density at radius 1 is 1.53 bits per heavy atom. The van der Waals surface area contributed by atoms with Crippen LogP contribution in [0.5, 0.6) is 0 Å². The molecular formula is C11H20N4OS. The molecule has 0 spiro atoms. The number of nitrogens with one attached hydrogen (secondary N) is 1. The molecule has 17 heavy (non-hydrogen) atoms. The molecule has 1 saturated carbocycles. The van der Waals surface area contributed by atoms with Crippen molar-refractivity contribution in [3.05, 3.63) is 5.89 Å². The number of thioether (sulfide) groups is 1. The summed E-state index contributed by atoms with van der Waals surface area (Å²) >= 11 is 2.04. The van der Waals surface area contributed by atoms with E-state index in [0.29, 0.717) is 17.9 Å². The molecule has 0 aromatic carbocycles. The van der Waals surface area contributed by atoms with Crippen molar-refractivity contribution in [3.8, 4) is 0 Å². The van der Waals surface area contributed by atoms with Crippen molar-refractivity contribution in [1.29, 1.82) is 0 Å². The number of hydrogen-bond donors (Lipinski definition) is 2. The molecule has 0 radical (unpaired) electrons. The summed E-state index contributed by atoms with van der Waals surface area (Å²) in [5, 5.41) is 11.9. The SMILES string of the molecule is CCSC1CCC(Nc2nnc(C(C)N)o2)C1. The monoisotopic (exact) mass is 256 g/mol. The molecule has 1 aromatic rings. The van der Waals surface area contributed by atoms with Crippen LogP contribution in [0.3, 0.4) is 0 Å².